The van der Waals surface area contributed by atoms with E-state index in [0.717, 1.165) is 119 Å². The Morgan fingerprint density at radius 2 is 0.551 bits per heavy atom. The van der Waals surface area contributed by atoms with Crippen molar-refractivity contribution in [3.05, 3.63) is 0 Å². The second-order valence-corrected chi connectivity index (χ2v) is 26.3. The van der Waals surface area contributed by atoms with Crippen LogP contribution in [-0.2, 0) is 38.1 Å². The van der Waals surface area contributed by atoms with E-state index in [1.165, 1.54) is 212 Å². The Kier molecular flexibility index (Phi) is 38.9. The third-order valence-corrected chi connectivity index (χ3v) is 18.8. The fourth-order valence-electron chi connectivity index (χ4n) is 13.0. The molecule has 1 heterocycles. The Bertz CT molecular complexity index is 1370. The summed E-state index contributed by atoms with van der Waals surface area (Å²) in [6.07, 6.45) is 56.9. The Labute approximate surface area is 480 Å². The monoisotopic (exact) mass is 1100 g/mol. The Balaban J connectivity index is 1.19. The first-order valence-corrected chi connectivity index (χ1v) is 34.6. The summed E-state index contributed by atoms with van der Waals surface area (Å²) in [5, 5.41) is 0. The normalized spacial score (nSPS) is 21.3. The molecule has 3 saturated carbocycles. The molecule has 0 amide bonds. The molecule has 4 fully saturated rings. The SMILES string of the molecule is CCCCCCCCC1CC1CCCCCCCC(=O)OCC(COC(=O)CCCCCCCC1CC1CCCCCCCC)(COC(=O)CCCCCCCC1CC1CCCCCCCC)COC(=O)CCN1CCCC1. The maximum Gasteiger partial charge on any atom is 0.307 e. The molecule has 6 unspecified atom stereocenters. The first-order chi connectivity index (χ1) is 38.2. The smallest absolute Gasteiger partial charge is 0.307 e. The van der Waals surface area contributed by atoms with Gasteiger partial charge in [-0.05, 0) is 100.0 Å². The van der Waals surface area contributed by atoms with Crippen LogP contribution in [0.5, 0.6) is 0 Å². The highest BCUT2D eigenvalue weighted by Crippen LogP contribution is 2.47. The number of hydrogen-bond donors (Lipinski definition) is 0. The van der Waals surface area contributed by atoms with E-state index in [4.69, 9.17) is 18.9 Å². The van der Waals surface area contributed by atoms with Crippen LogP contribution in [0.25, 0.3) is 0 Å². The molecule has 0 aromatic carbocycles. The van der Waals surface area contributed by atoms with Gasteiger partial charge in [-0.15, -0.1) is 0 Å². The third-order valence-electron chi connectivity index (χ3n) is 18.8. The summed E-state index contributed by atoms with van der Waals surface area (Å²) < 4.78 is 23.8. The quantitative estimate of drug-likeness (QED) is 0.0334. The van der Waals surface area contributed by atoms with Crippen LogP contribution in [0.3, 0.4) is 0 Å². The molecule has 0 aromatic rings. The van der Waals surface area contributed by atoms with Crippen molar-refractivity contribution in [2.45, 2.75) is 329 Å². The van der Waals surface area contributed by atoms with Crippen LogP contribution in [0.4, 0.5) is 0 Å². The van der Waals surface area contributed by atoms with Gasteiger partial charge in [0, 0.05) is 25.8 Å². The summed E-state index contributed by atoms with van der Waals surface area (Å²) in [6, 6.07) is 0. The third kappa shape index (κ3) is 35.0. The van der Waals surface area contributed by atoms with Crippen LogP contribution in [0.2, 0.25) is 0 Å². The molecule has 4 rings (SSSR count). The zero-order chi connectivity index (χ0) is 55.6. The number of ether oxygens (including phenoxy) is 4. The van der Waals surface area contributed by atoms with Gasteiger partial charge in [0.15, 0.2) is 0 Å². The molecule has 4 aliphatic rings. The van der Waals surface area contributed by atoms with Gasteiger partial charge in [-0.2, -0.15) is 0 Å². The van der Waals surface area contributed by atoms with Crippen molar-refractivity contribution in [2.24, 2.45) is 40.9 Å². The first-order valence-electron chi connectivity index (χ1n) is 34.6. The molecule has 0 spiro atoms. The van der Waals surface area contributed by atoms with E-state index in [2.05, 4.69) is 25.7 Å². The van der Waals surface area contributed by atoms with Crippen molar-refractivity contribution in [1.82, 2.24) is 4.90 Å². The fourth-order valence-corrected chi connectivity index (χ4v) is 13.0. The van der Waals surface area contributed by atoms with E-state index in [1.807, 2.05) is 0 Å². The number of carbonyl (C=O) groups is 4. The van der Waals surface area contributed by atoms with Gasteiger partial charge in [-0.1, -0.05) is 252 Å². The topological polar surface area (TPSA) is 108 Å². The molecule has 78 heavy (non-hydrogen) atoms. The van der Waals surface area contributed by atoms with Gasteiger partial charge in [-0.3, -0.25) is 19.2 Å². The molecule has 6 atom stereocenters. The number of esters is 4. The lowest BCUT2D eigenvalue weighted by atomic mass is 9.92. The molecule has 1 saturated heterocycles. The van der Waals surface area contributed by atoms with Gasteiger partial charge in [0.05, 0.1) is 6.42 Å². The van der Waals surface area contributed by atoms with E-state index in [0.29, 0.717) is 25.8 Å². The Hall–Kier alpha value is -2.16. The van der Waals surface area contributed by atoms with Gasteiger partial charge in [-0.25, -0.2) is 0 Å². The maximum absolute atomic E-state index is 13.4. The van der Waals surface area contributed by atoms with E-state index in [1.54, 1.807) is 0 Å². The van der Waals surface area contributed by atoms with E-state index in [9.17, 15) is 19.2 Å². The summed E-state index contributed by atoms with van der Waals surface area (Å²) in [5.74, 6) is 4.42. The van der Waals surface area contributed by atoms with E-state index in [-0.39, 0.29) is 56.7 Å². The highest BCUT2D eigenvalue weighted by Gasteiger charge is 2.39. The first kappa shape index (κ1) is 68.3. The fraction of sp³-hybridized carbons (Fsp3) is 0.942. The van der Waals surface area contributed by atoms with Crippen LogP contribution in [0.1, 0.15) is 329 Å². The van der Waals surface area contributed by atoms with Gasteiger partial charge in [0.2, 0.25) is 0 Å². The molecule has 0 N–H and O–H groups in total. The summed E-state index contributed by atoms with van der Waals surface area (Å²) in [5.41, 5.74) is -1.20. The molecule has 1 aliphatic heterocycles. The zero-order valence-corrected chi connectivity index (χ0v) is 51.6. The number of hydrogen-bond acceptors (Lipinski definition) is 9. The van der Waals surface area contributed by atoms with Crippen molar-refractivity contribution in [3.8, 4) is 0 Å². The van der Waals surface area contributed by atoms with Crippen LogP contribution in [0.15, 0.2) is 0 Å². The second kappa shape index (κ2) is 44.4. The molecule has 9 nitrogen and oxygen atoms in total. The molecule has 0 aromatic heterocycles. The van der Waals surface area contributed by atoms with Gasteiger partial charge >= 0.3 is 23.9 Å². The second-order valence-electron chi connectivity index (χ2n) is 26.3. The minimum atomic E-state index is -1.20. The van der Waals surface area contributed by atoms with E-state index >= 15 is 0 Å². The molecule has 3 aliphatic carbocycles. The molecular formula is C69H125NO8. The van der Waals surface area contributed by atoms with Gasteiger partial charge < -0.3 is 23.8 Å². The molecule has 9 heteroatoms. The van der Waals surface area contributed by atoms with Crippen LogP contribution >= 0.6 is 0 Å². The van der Waals surface area contributed by atoms with Crippen LogP contribution in [0, 0.1) is 40.9 Å². The summed E-state index contributed by atoms with van der Waals surface area (Å²) in [6.45, 7) is 8.81. The molecule has 0 radical (unpaired) electrons. The maximum atomic E-state index is 13.4. The Morgan fingerprint density at radius 1 is 0.321 bits per heavy atom. The highest BCUT2D eigenvalue weighted by atomic mass is 16.6. The minimum absolute atomic E-state index is 0.158. The lowest BCUT2D eigenvalue weighted by Gasteiger charge is -2.31. The number of rotatable bonds is 56. The molecule has 454 valence electrons. The van der Waals surface area contributed by atoms with Crippen molar-refractivity contribution in [2.75, 3.05) is 46.1 Å². The largest absolute Gasteiger partial charge is 0.465 e. The predicted octanol–water partition coefficient (Wildman–Crippen LogP) is 19.0. The summed E-state index contributed by atoms with van der Waals surface area (Å²) in [7, 11) is 0. The molecular weight excluding hydrogens is 971 g/mol. The van der Waals surface area contributed by atoms with Gasteiger partial charge in [0.1, 0.15) is 31.8 Å². The Morgan fingerprint density at radius 3 is 0.821 bits per heavy atom. The van der Waals surface area contributed by atoms with E-state index < -0.39 is 5.41 Å². The predicted molar refractivity (Wildman–Crippen MR) is 322 cm³/mol. The lowest BCUT2D eigenvalue weighted by molar-refractivity contribution is -0.170. The van der Waals surface area contributed by atoms with Crippen LogP contribution < -0.4 is 0 Å². The average Bonchev–Trinajstić information content (AvgIpc) is 4.44. The average molecular weight is 1100 g/mol. The van der Waals surface area contributed by atoms with Crippen molar-refractivity contribution in [1.29, 1.82) is 0 Å². The minimum Gasteiger partial charge on any atom is -0.465 e. The van der Waals surface area contributed by atoms with Crippen molar-refractivity contribution >= 4 is 23.9 Å². The molecule has 0 bridgehead atoms. The summed E-state index contributed by atoms with van der Waals surface area (Å²) >= 11 is 0. The standard InChI is InChI=1S/C69H125NO8/c1-4-7-10-13-19-28-39-59-52-62(59)42-31-22-16-25-34-45-65(71)75-55-69(58-78-68(74)48-51-70-49-37-38-50-70,56-76-66(72)46-35-26-17-23-32-43-63-53-60(63)40-29-20-14-11-8-5-2)57-77-67(73)47-36-27-18-24-33-44-64-54-61(64)41-30-21-15-12-9-6-3/h59-64H,4-58H2,1-3H3. The van der Waals surface area contributed by atoms with Crippen molar-refractivity contribution < 1.29 is 38.1 Å². The lowest BCUT2D eigenvalue weighted by Crippen LogP contribution is -2.44. The summed E-state index contributed by atoms with van der Waals surface area (Å²) in [4.78, 5) is 55.6. The van der Waals surface area contributed by atoms with Crippen LogP contribution in [-0.4, -0.2) is 74.8 Å². The number of unbranched alkanes of at least 4 members (excludes halogenated alkanes) is 27. The number of carbonyl (C=O) groups excluding carboxylic acids is 4. The zero-order valence-electron chi connectivity index (χ0n) is 51.6. The van der Waals surface area contributed by atoms with Gasteiger partial charge in [0.25, 0.3) is 0 Å². The van der Waals surface area contributed by atoms with Crippen molar-refractivity contribution in [3.63, 3.8) is 0 Å². The highest BCUT2D eigenvalue weighted by molar-refractivity contribution is 5.71. The number of nitrogens with zero attached hydrogens (tertiary/aromatic N) is 1. The number of likely N-dealkylation sites (tertiary alicyclic amines) is 1.